The summed E-state index contributed by atoms with van der Waals surface area (Å²) in [5.74, 6) is 0. The minimum atomic E-state index is -0.0973. The largest absolute Gasteiger partial charge is 0.322 e. The lowest BCUT2D eigenvalue weighted by Gasteiger charge is -2.24. The van der Waals surface area contributed by atoms with E-state index in [1.165, 1.54) is 5.56 Å². The van der Waals surface area contributed by atoms with Crippen LogP contribution in [0.1, 0.15) is 30.1 Å². The molecule has 3 rings (SSSR count). The molecule has 1 saturated carbocycles. The van der Waals surface area contributed by atoms with Crippen LogP contribution in [-0.4, -0.2) is 9.78 Å². The zero-order valence-electron chi connectivity index (χ0n) is 10.3. The minimum Gasteiger partial charge on any atom is -0.322 e. The molecule has 1 heterocycles. The molecule has 0 amide bonds. The van der Waals surface area contributed by atoms with Gasteiger partial charge in [0, 0.05) is 12.5 Å². The number of rotatable bonds is 3. The van der Waals surface area contributed by atoms with Crippen LogP contribution in [-0.2, 0) is 12.5 Å². The van der Waals surface area contributed by atoms with Gasteiger partial charge in [-0.25, -0.2) is 0 Å². The van der Waals surface area contributed by atoms with Crippen LogP contribution in [0.5, 0.6) is 0 Å². The first-order valence-corrected chi connectivity index (χ1v) is 6.51. The summed E-state index contributed by atoms with van der Waals surface area (Å²) in [4.78, 5) is 0. The Kier molecular flexibility index (Phi) is 2.68. The molecule has 3 nitrogen and oxygen atoms in total. The maximum atomic E-state index is 6.47. The summed E-state index contributed by atoms with van der Waals surface area (Å²) in [6, 6.07) is 10.4. The van der Waals surface area contributed by atoms with E-state index in [-0.39, 0.29) is 11.5 Å². The quantitative estimate of drug-likeness (QED) is 0.923. The Morgan fingerprint density at radius 3 is 2.50 bits per heavy atom. The van der Waals surface area contributed by atoms with Gasteiger partial charge in [-0.3, -0.25) is 4.68 Å². The summed E-state index contributed by atoms with van der Waals surface area (Å²) >= 11 is 6.20. The summed E-state index contributed by atoms with van der Waals surface area (Å²) < 4.78 is 1.79. The normalized spacial score (nSPS) is 18.6. The molecule has 4 heteroatoms. The third-order valence-electron chi connectivity index (χ3n) is 3.96. The minimum absolute atomic E-state index is 0.0404. The lowest BCUT2D eigenvalue weighted by atomic mass is 9.86. The maximum absolute atomic E-state index is 6.47. The topological polar surface area (TPSA) is 43.8 Å². The van der Waals surface area contributed by atoms with Gasteiger partial charge in [0.1, 0.15) is 0 Å². The monoisotopic (exact) mass is 261 g/mol. The Bertz CT molecular complexity index is 538. The molecule has 1 unspecified atom stereocenters. The fourth-order valence-corrected chi connectivity index (χ4v) is 3.00. The molecule has 0 saturated heterocycles. The zero-order valence-corrected chi connectivity index (χ0v) is 11.1. The van der Waals surface area contributed by atoms with Gasteiger partial charge in [0.25, 0.3) is 0 Å². The van der Waals surface area contributed by atoms with Crippen molar-refractivity contribution in [2.45, 2.75) is 24.3 Å². The third-order valence-corrected chi connectivity index (χ3v) is 4.26. The summed E-state index contributed by atoms with van der Waals surface area (Å²) in [6.07, 6.45) is 3.89. The van der Waals surface area contributed by atoms with Gasteiger partial charge in [0.2, 0.25) is 0 Å². The average Bonchev–Trinajstić information content (AvgIpc) is 3.13. The molecule has 1 aromatic heterocycles. The molecule has 2 N–H and O–H groups in total. The molecule has 0 spiro atoms. The Hall–Kier alpha value is -1.32. The lowest BCUT2D eigenvalue weighted by Crippen LogP contribution is -2.28. The number of hydrogen-bond acceptors (Lipinski definition) is 2. The van der Waals surface area contributed by atoms with Crippen LogP contribution in [0, 0.1) is 0 Å². The highest BCUT2D eigenvalue weighted by molar-refractivity contribution is 6.31. The second-order valence-electron chi connectivity index (χ2n) is 5.00. The summed E-state index contributed by atoms with van der Waals surface area (Å²) in [6.45, 7) is 0. The smallest absolute Gasteiger partial charge is 0.0834 e. The van der Waals surface area contributed by atoms with Crippen molar-refractivity contribution in [1.82, 2.24) is 9.78 Å². The Morgan fingerprint density at radius 1 is 1.33 bits per heavy atom. The molecule has 0 radical (unpaired) electrons. The number of halogens is 1. The summed E-state index contributed by atoms with van der Waals surface area (Å²) in [5, 5.41) is 4.84. The van der Waals surface area contributed by atoms with Crippen LogP contribution in [0.25, 0.3) is 0 Å². The second kappa shape index (κ2) is 4.11. The maximum Gasteiger partial charge on any atom is 0.0834 e. The number of benzene rings is 1. The number of nitrogens with zero attached hydrogens (tertiary/aromatic N) is 2. The molecule has 1 aromatic carbocycles. The van der Waals surface area contributed by atoms with Gasteiger partial charge in [-0.1, -0.05) is 41.9 Å². The van der Waals surface area contributed by atoms with Crippen LogP contribution >= 0.6 is 11.6 Å². The number of aromatic nitrogens is 2. The van der Waals surface area contributed by atoms with Gasteiger partial charge < -0.3 is 5.73 Å². The second-order valence-corrected chi connectivity index (χ2v) is 5.41. The highest BCUT2D eigenvalue weighted by Gasteiger charge is 2.51. The van der Waals surface area contributed by atoms with E-state index >= 15 is 0 Å². The SMILES string of the molecule is Cn1ncc(Cl)c1C(N)C1(c2ccccc2)CC1. The van der Waals surface area contributed by atoms with Crippen LogP contribution in [0.2, 0.25) is 5.02 Å². The summed E-state index contributed by atoms with van der Waals surface area (Å²) in [7, 11) is 1.89. The van der Waals surface area contributed by atoms with Crippen molar-refractivity contribution in [1.29, 1.82) is 0 Å². The van der Waals surface area contributed by atoms with Gasteiger partial charge in [-0.15, -0.1) is 0 Å². The predicted octanol–water partition coefficient (Wildman–Crippen LogP) is 2.81. The first-order chi connectivity index (χ1) is 8.65. The molecule has 2 aromatic rings. The molecule has 0 aliphatic heterocycles. The standard InChI is InChI=1S/C14H16ClN3/c1-18-12(11(15)9-17-18)13(16)14(7-8-14)10-5-3-2-4-6-10/h2-6,9,13H,7-8,16H2,1H3. The molecule has 1 fully saturated rings. The van der Waals surface area contributed by atoms with Gasteiger partial charge in [0.15, 0.2) is 0 Å². The van der Waals surface area contributed by atoms with E-state index in [4.69, 9.17) is 17.3 Å². The van der Waals surface area contributed by atoms with Crippen molar-refractivity contribution in [3.63, 3.8) is 0 Å². The van der Waals surface area contributed by atoms with Crippen LogP contribution in [0.15, 0.2) is 36.5 Å². The third kappa shape index (κ3) is 1.66. The molecule has 1 aliphatic rings. The molecule has 1 atom stereocenters. The fourth-order valence-electron chi connectivity index (χ4n) is 2.72. The lowest BCUT2D eigenvalue weighted by molar-refractivity contribution is 0.501. The van der Waals surface area contributed by atoms with E-state index in [0.29, 0.717) is 5.02 Å². The highest BCUT2D eigenvalue weighted by atomic mass is 35.5. The van der Waals surface area contributed by atoms with Crippen molar-refractivity contribution in [3.8, 4) is 0 Å². The number of nitrogens with two attached hydrogens (primary N) is 1. The summed E-state index contributed by atoms with van der Waals surface area (Å²) in [5.41, 5.74) is 8.74. The van der Waals surface area contributed by atoms with E-state index < -0.39 is 0 Å². The predicted molar refractivity (Wildman–Crippen MR) is 72.5 cm³/mol. The van der Waals surface area contributed by atoms with Crippen LogP contribution in [0.4, 0.5) is 0 Å². The van der Waals surface area contributed by atoms with Gasteiger partial charge in [0.05, 0.1) is 23.0 Å². The molecule has 0 bridgehead atoms. The van der Waals surface area contributed by atoms with Crippen molar-refractivity contribution < 1.29 is 0 Å². The molecule has 94 valence electrons. The van der Waals surface area contributed by atoms with Crippen molar-refractivity contribution in [2.24, 2.45) is 12.8 Å². The number of hydrogen-bond donors (Lipinski definition) is 1. The highest BCUT2D eigenvalue weighted by Crippen LogP contribution is 2.56. The van der Waals surface area contributed by atoms with E-state index in [1.54, 1.807) is 10.9 Å². The van der Waals surface area contributed by atoms with Crippen molar-refractivity contribution in [3.05, 3.63) is 52.8 Å². The molecular formula is C14H16ClN3. The van der Waals surface area contributed by atoms with E-state index in [2.05, 4.69) is 29.4 Å². The Morgan fingerprint density at radius 2 is 2.00 bits per heavy atom. The van der Waals surface area contributed by atoms with Gasteiger partial charge >= 0.3 is 0 Å². The number of aryl methyl sites for hydroxylation is 1. The molecule has 18 heavy (non-hydrogen) atoms. The Labute approximate surface area is 112 Å². The zero-order chi connectivity index (χ0) is 12.8. The van der Waals surface area contributed by atoms with E-state index in [9.17, 15) is 0 Å². The first kappa shape index (κ1) is 11.8. The molecular weight excluding hydrogens is 246 g/mol. The van der Waals surface area contributed by atoms with Gasteiger partial charge in [-0.2, -0.15) is 5.10 Å². The van der Waals surface area contributed by atoms with Crippen LogP contribution < -0.4 is 5.73 Å². The van der Waals surface area contributed by atoms with Crippen molar-refractivity contribution in [2.75, 3.05) is 0 Å². The van der Waals surface area contributed by atoms with Gasteiger partial charge in [-0.05, 0) is 18.4 Å². The van der Waals surface area contributed by atoms with E-state index in [0.717, 1.165) is 18.5 Å². The fraction of sp³-hybridized carbons (Fsp3) is 0.357. The first-order valence-electron chi connectivity index (χ1n) is 6.14. The average molecular weight is 262 g/mol. The molecule has 1 aliphatic carbocycles. The van der Waals surface area contributed by atoms with Crippen molar-refractivity contribution >= 4 is 11.6 Å². The van der Waals surface area contributed by atoms with E-state index in [1.807, 2.05) is 13.1 Å². The van der Waals surface area contributed by atoms with Crippen LogP contribution in [0.3, 0.4) is 0 Å². The Balaban J connectivity index is 2.01.